The van der Waals surface area contributed by atoms with Crippen LogP contribution in [0.4, 0.5) is 0 Å². The Labute approximate surface area is 122 Å². The summed E-state index contributed by atoms with van der Waals surface area (Å²) in [6.07, 6.45) is 13.1. The molecule has 19 heavy (non-hydrogen) atoms. The van der Waals surface area contributed by atoms with E-state index in [-0.39, 0.29) is 0 Å². The van der Waals surface area contributed by atoms with E-state index in [0.29, 0.717) is 5.41 Å². The van der Waals surface area contributed by atoms with Gasteiger partial charge in [0.05, 0.1) is 5.76 Å². The van der Waals surface area contributed by atoms with Crippen molar-refractivity contribution in [3.63, 3.8) is 0 Å². The summed E-state index contributed by atoms with van der Waals surface area (Å²) in [5, 5.41) is 0. The first-order valence-corrected chi connectivity index (χ1v) is 11.0. The van der Waals surface area contributed by atoms with Crippen LogP contribution in [0.25, 0.3) is 0 Å². The third kappa shape index (κ3) is 7.19. The highest BCUT2D eigenvalue weighted by Gasteiger charge is 2.23. The van der Waals surface area contributed by atoms with Gasteiger partial charge < -0.3 is 4.43 Å². The van der Waals surface area contributed by atoms with Crippen molar-refractivity contribution in [3.8, 4) is 0 Å². The molecule has 0 bridgehead atoms. The molecule has 0 spiro atoms. The third-order valence-electron chi connectivity index (χ3n) is 4.22. The van der Waals surface area contributed by atoms with E-state index in [1.165, 1.54) is 57.1 Å². The lowest BCUT2D eigenvalue weighted by molar-refractivity contribution is 0.220. The topological polar surface area (TPSA) is 9.23 Å². The number of rotatable bonds is 2. The Bertz CT molecular complexity index is 275. The first-order valence-electron chi connectivity index (χ1n) is 8.25. The quantitative estimate of drug-likeness (QED) is 0.593. The number of hydrogen-bond acceptors (Lipinski definition) is 1. The van der Waals surface area contributed by atoms with Crippen molar-refractivity contribution in [2.24, 2.45) is 11.3 Å². The lowest BCUT2D eigenvalue weighted by Crippen LogP contribution is -2.20. The molecule has 0 aromatic carbocycles. The minimum Gasteiger partial charge on any atom is -0.550 e. The van der Waals surface area contributed by atoms with Crippen molar-refractivity contribution < 1.29 is 4.43 Å². The SMILES string of the molecule is C[SiH](C)O/C1=C/CC(C(C)(C)C)CCCCCCC1. The molecule has 1 atom stereocenters. The van der Waals surface area contributed by atoms with Crippen LogP contribution in [0.5, 0.6) is 0 Å². The van der Waals surface area contributed by atoms with E-state index in [1.807, 2.05) is 0 Å². The number of allylic oxidation sites excluding steroid dienone is 2. The van der Waals surface area contributed by atoms with Crippen LogP contribution in [0.1, 0.15) is 72.1 Å². The summed E-state index contributed by atoms with van der Waals surface area (Å²) in [6, 6.07) is 0. The summed E-state index contributed by atoms with van der Waals surface area (Å²) in [7, 11) is -0.946. The van der Waals surface area contributed by atoms with Crippen molar-refractivity contribution in [2.75, 3.05) is 0 Å². The second-order valence-electron chi connectivity index (χ2n) is 7.44. The van der Waals surface area contributed by atoms with Gasteiger partial charge >= 0.3 is 0 Å². The van der Waals surface area contributed by atoms with Gasteiger partial charge in [-0.05, 0) is 49.8 Å². The van der Waals surface area contributed by atoms with Gasteiger partial charge in [-0.15, -0.1) is 0 Å². The maximum absolute atomic E-state index is 6.12. The summed E-state index contributed by atoms with van der Waals surface area (Å²) in [4.78, 5) is 0. The Hall–Kier alpha value is -0.243. The smallest absolute Gasteiger partial charge is 0.229 e. The zero-order valence-electron chi connectivity index (χ0n) is 13.8. The van der Waals surface area contributed by atoms with Crippen LogP contribution in [0.2, 0.25) is 13.1 Å². The summed E-state index contributed by atoms with van der Waals surface area (Å²) in [5.41, 5.74) is 0.422. The van der Waals surface area contributed by atoms with Crippen molar-refractivity contribution >= 4 is 9.04 Å². The van der Waals surface area contributed by atoms with Crippen LogP contribution in [0.3, 0.4) is 0 Å². The maximum Gasteiger partial charge on any atom is 0.229 e. The Kier molecular flexibility index (Phi) is 7.20. The van der Waals surface area contributed by atoms with Crippen LogP contribution in [-0.4, -0.2) is 9.04 Å². The molecule has 0 aliphatic heterocycles. The van der Waals surface area contributed by atoms with E-state index >= 15 is 0 Å². The molecule has 1 aliphatic carbocycles. The standard InChI is InChI=1S/C17H34OSi/c1-17(2,3)15-11-9-7-6-8-10-12-16(14-13-15)18-19(4)5/h14-15,19H,6-13H2,1-5H3/b16-14+. The van der Waals surface area contributed by atoms with Gasteiger partial charge in [0.1, 0.15) is 0 Å². The molecule has 2 heteroatoms. The van der Waals surface area contributed by atoms with Gasteiger partial charge in [-0.1, -0.05) is 46.5 Å². The predicted molar refractivity (Wildman–Crippen MR) is 87.9 cm³/mol. The van der Waals surface area contributed by atoms with Crippen LogP contribution in [-0.2, 0) is 4.43 Å². The van der Waals surface area contributed by atoms with Crippen molar-refractivity contribution in [1.82, 2.24) is 0 Å². The molecule has 0 aromatic heterocycles. The van der Waals surface area contributed by atoms with E-state index in [2.05, 4.69) is 39.9 Å². The van der Waals surface area contributed by atoms with Gasteiger partial charge in [0.2, 0.25) is 9.04 Å². The Morgan fingerprint density at radius 3 is 2.32 bits per heavy atom. The summed E-state index contributed by atoms with van der Waals surface area (Å²) >= 11 is 0. The molecule has 0 fully saturated rings. The van der Waals surface area contributed by atoms with Gasteiger partial charge in [0.25, 0.3) is 0 Å². The third-order valence-corrected chi connectivity index (χ3v) is 4.99. The lowest BCUT2D eigenvalue weighted by Gasteiger charge is -2.30. The fourth-order valence-corrected chi connectivity index (χ4v) is 3.73. The molecule has 1 aliphatic rings. The first kappa shape index (κ1) is 16.8. The summed E-state index contributed by atoms with van der Waals surface area (Å²) in [5.74, 6) is 2.11. The molecular weight excluding hydrogens is 248 g/mol. The molecule has 1 rings (SSSR count). The van der Waals surface area contributed by atoms with Gasteiger partial charge in [0.15, 0.2) is 0 Å². The minimum absolute atomic E-state index is 0.422. The molecule has 0 aromatic rings. The lowest BCUT2D eigenvalue weighted by atomic mass is 9.76. The molecule has 0 saturated heterocycles. The van der Waals surface area contributed by atoms with Crippen LogP contribution in [0, 0.1) is 11.3 Å². The second kappa shape index (κ2) is 8.14. The monoisotopic (exact) mass is 282 g/mol. The zero-order chi connectivity index (χ0) is 14.3. The van der Waals surface area contributed by atoms with Crippen molar-refractivity contribution in [3.05, 3.63) is 11.8 Å². The first-order chi connectivity index (χ1) is 8.89. The molecule has 0 radical (unpaired) electrons. The highest BCUT2D eigenvalue weighted by molar-refractivity contribution is 6.48. The Balaban J connectivity index is 2.71. The van der Waals surface area contributed by atoms with Gasteiger partial charge in [0, 0.05) is 6.42 Å². The van der Waals surface area contributed by atoms with Gasteiger partial charge in [-0.25, -0.2) is 0 Å². The molecule has 0 saturated carbocycles. The van der Waals surface area contributed by atoms with E-state index in [4.69, 9.17) is 4.43 Å². The van der Waals surface area contributed by atoms with E-state index in [9.17, 15) is 0 Å². The largest absolute Gasteiger partial charge is 0.550 e. The van der Waals surface area contributed by atoms with E-state index < -0.39 is 9.04 Å². The van der Waals surface area contributed by atoms with Crippen LogP contribution in [0.15, 0.2) is 11.8 Å². The molecule has 0 N–H and O–H groups in total. The minimum atomic E-state index is -0.946. The average molecular weight is 283 g/mol. The highest BCUT2D eigenvalue weighted by atomic mass is 28.3. The van der Waals surface area contributed by atoms with E-state index in [0.717, 1.165) is 5.92 Å². The number of hydrogen-bond donors (Lipinski definition) is 0. The molecule has 1 unspecified atom stereocenters. The average Bonchev–Trinajstić information content (AvgIpc) is 2.32. The summed E-state index contributed by atoms with van der Waals surface area (Å²) < 4.78 is 6.12. The Morgan fingerprint density at radius 1 is 1.05 bits per heavy atom. The fraction of sp³-hybridized carbons (Fsp3) is 0.882. The Morgan fingerprint density at radius 2 is 1.68 bits per heavy atom. The molecule has 0 heterocycles. The normalized spacial score (nSPS) is 26.4. The zero-order valence-corrected chi connectivity index (χ0v) is 15.0. The maximum atomic E-state index is 6.12. The van der Waals surface area contributed by atoms with Gasteiger partial charge in [-0.2, -0.15) is 0 Å². The highest BCUT2D eigenvalue weighted by Crippen LogP contribution is 2.34. The molecular formula is C17H34OSi. The summed E-state index contributed by atoms with van der Waals surface area (Å²) in [6.45, 7) is 11.7. The van der Waals surface area contributed by atoms with Crippen molar-refractivity contribution in [1.29, 1.82) is 0 Å². The fourth-order valence-electron chi connectivity index (χ4n) is 2.91. The van der Waals surface area contributed by atoms with Gasteiger partial charge in [-0.3, -0.25) is 0 Å². The molecule has 1 nitrogen and oxygen atoms in total. The second-order valence-corrected chi connectivity index (χ2v) is 9.78. The predicted octanol–water partition coefficient (Wildman–Crippen LogP) is 5.67. The van der Waals surface area contributed by atoms with E-state index in [1.54, 1.807) is 0 Å². The van der Waals surface area contributed by atoms with Crippen LogP contribution >= 0.6 is 0 Å². The van der Waals surface area contributed by atoms with Crippen molar-refractivity contribution in [2.45, 2.75) is 85.2 Å². The molecule has 112 valence electrons. The molecule has 0 amide bonds. The van der Waals surface area contributed by atoms with Crippen LogP contribution < -0.4 is 0 Å².